The summed E-state index contributed by atoms with van der Waals surface area (Å²) in [4.78, 5) is 13.8. The number of hydrogen-bond acceptors (Lipinski definition) is 4. The molecular formula is C18H22N2O3. The lowest BCUT2D eigenvalue weighted by Crippen LogP contribution is -2.35. The van der Waals surface area contributed by atoms with Crippen molar-refractivity contribution in [3.8, 4) is 11.5 Å². The molecule has 0 saturated heterocycles. The summed E-state index contributed by atoms with van der Waals surface area (Å²) in [6.45, 7) is 0.523. The zero-order valence-corrected chi connectivity index (χ0v) is 13.7. The van der Waals surface area contributed by atoms with E-state index in [4.69, 9.17) is 15.2 Å². The molecule has 2 aromatic rings. The minimum atomic E-state index is -0.497. The maximum atomic E-state index is 11.9. The second kappa shape index (κ2) is 7.65. The van der Waals surface area contributed by atoms with Gasteiger partial charge in [0, 0.05) is 18.2 Å². The van der Waals surface area contributed by atoms with Crippen molar-refractivity contribution in [1.82, 2.24) is 4.90 Å². The normalized spacial score (nSPS) is 12.0. The summed E-state index contributed by atoms with van der Waals surface area (Å²) in [5, 5.41) is 0. The molecule has 2 rings (SSSR count). The Kier molecular flexibility index (Phi) is 5.60. The van der Waals surface area contributed by atoms with Crippen LogP contribution in [-0.4, -0.2) is 32.1 Å². The predicted octanol–water partition coefficient (Wildman–Crippen LogP) is 2.36. The van der Waals surface area contributed by atoms with Gasteiger partial charge in [0.15, 0.2) is 0 Å². The van der Waals surface area contributed by atoms with E-state index in [0.717, 1.165) is 16.9 Å². The Morgan fingerprint density at radius 1 is 1.13 bits per heavy atom. The fraction of sp³-hybridized carbons (Fsp3) is 0.278. The lowest BCUT2D eigenvalue weighted by atomic mass is 10.0. The van der Waals surface area contributed by atoms with Crippen LogP contribution in [0.15, 0.2) is 48.5 Å². The fourth-order valence-corrected chi connectivity index (χ4v) is 2.61. The predicted molar refractivity (Wildman–Crippen MR) is 89.4 cm³/mol. The van der Waals surface area contributed by atoms with Crippen LogP contribution in [0.1, 0.15) is 17.2 Å². The third kappa shape index (κ3) is 4.02. The molecule has 1 amide bonds. The van der Waals surface area contributed by atoms with Gasteiger partial charge < -0.3 is 15.2 Å². The number of amides is 1. The van der Waals surface area contributed by atoms with Crippen LogP contribution < -0.4 is 15.2 Å². The molecule has 0 bridgehead atoms. The van der Waals surface area contributed by atoms with E-state index in [0.29, 0.717) is 12.3 Å². The Morgan fingerprint density at radius 3 is 2.39 bits per heavy atom. The van der Waals surface area contributed by atoms with E-state index in [9.17, 15) is 4.79 Å². The van der Waals surface area contributed by atoms with Crippen LogP contribution in [0.2, 0.25) is 0 Å². The zero-order chi connectivity index (χ0) is 16.8. The van der Waals surface area contributed by atoms with Gasteiger partial charge in [-0.2, -0.15) is 0 Å². The molecule has 0 aliphatic rings. The fourth-order valence-electron chi connectivity index (χ4n) is 2.61. The molecule has 0 saturated carbocycles. The van der Waals surface area contributed by atoms with Crippen molar-refractivity contribution in [2.45, 2.75) is 12.6 Å². The van der Waals surface area contributed by atoms with Crippen LogP contribution in [0.5, 0.6) is 11.5 Å². The first-order valence-corrected chi connectivity index (χ1v) is 7.32. The third-order valence-electron chi connectivity index (χ3n) is 3.74. The molecular weight excluding hydrogens is 292 g/mol. The summed E-state index contributed by atoms with van der Waals surface area (Å²) in [5.41, 5.74) is 7.43. The molecule has 0 heterocycles. The van der Waals surface area contributed by atoms with E-state index >= 15 is 0 Å². The van der Waals surface area contributed by atoms with Crippen LogP contribution in [0.4, 0.5) is 0 Å². The summed E-state index contributed by atoms with van der Waals surface area (Å²) in [7, 11) is 5.09. The average Bonchev–Trinajstić information content (AvgIpc) is 2.56. The third-order valence-corrected chi connectivity index (χ3v) is 3.74. The minimum Gasteiger partial charge on any atom is -0.497 e. The lowest BCUT2D eigenvalue weighted by molar-refractivity contribution is -0.123. The zero-order valence-electron chi connectivity index (χ0n) is 13.7. The van der Waals surface area contributed by atoms with Gasteiger partial charge in [-0.3, -0.25) is 9.69 Å². The molecule has 5 heteroatoms. The molecule has 1 atom stereocenters. The minimum absolute atomic E-state index is 0.383. The smallest absolute Gasteiger partial charge is 0.239 e. The lowest BCUT2D eigenvalue weighted by Gasteiger charge is -2.26. The monoisotopic (exact) mass is 314 g/mol. The first-order valence-electron chi connectivity index (χ1n) is 7.32. The Hall–Kier alpha value is -2.53. The molecule has 0 radical (unpaired) electrons. The van der Waals surface area contributed by atoms with E-state index in [1.165, 1.54) is 0 Å². The summed E-state index contributed by atoms with van der Waals surface area (Å²) >= 11 is 0. The van der Waals surface area contributed by atoms with Gasteiger partial charge in [0.2, 0.25) is 5.91 Å². The van der Waals surface area contributed by atoms with Gasteiger partial charge in [-0.15, -0.1) is 0 Å². The number of likely N-dealkylation sites (N-methyl/N-ethyl adjacent to an activating group) is 1. The Morgan fingerprint density at radius 2 is 1.83 bits per heavy atom. The molecule has 0 unspecified atom stereocenters. The van der Waals surface area contributed by atoms with Gasteiger partial charge in [0.05, 0.1) is 14.2 Å². The van der Waals surface area contributed by atoms with Crippen molar-refractivity contribution in [1.29, 1.82) is 0 Å². The highest BCUT2D eigenvalue weighted by Crippen LogP contribution is 2.28. The summed E-state index contributed by atoms with van der Waals surface area (Å²) in [6.07, 6.45) is 0. The van der Waals surface area contributed by atoms with E-state index < -0.39 is 6.04 Å². The first kappa shape index (κ1) is 16.8. The number of nitrogens with two attached hydrogens (primary N) is 1. The van der Waals surface area contributed by atoms with Gasteiger partial charge in [-0.05, 0) is 18.7 Å². The molecule has 0 aromatic heterocycles. The number of methoxy groups -OCH3 is 2. The Balaban J connectivity index is 2.26. The number of nitrogens with zero attached hydrogens (tertiary/aromatic N) is 1. The van der Waals surface area contributed by atoms with Gasteiger partial charge in [-0.25, -0.2) is 0 Å². The van der Waals surface area contributed by atoms with E-state index in [1.54, 1.807) is 14.2 Å². The number of hydrogen-bond donors (Lipinski definition) is 1. The second-order valence-electron chi connectivity index (χ2n) is 5.31. The summed E-state index contributed by atoms with van der Waals surface area (Å²) in [5.74, 6) is 1.06. The molecule has 122 valence electrons. The standard InChI is InChI=1S/C18H22N2O3/c1-20(17(18(19)21)13-7-5-4-6-8-13)12-14-9-10-15(22-2)11-16(14)23-3/h4-11,17H,12H2,1-3H3,(H2,19,21)/t17-/m1/s1. The molecule has 2 aromatic carbocycles. The van der Waals surface area contributed by atoms with E-state index in [1.807, 2.05) is 60.5 Å². The van der Waals surface area contributed by atoms with Crippen molar-refractivity contribution in [2.24, 2.45) is 5.73 Å². The summed E-state index contributed by atoms with van der Waals surface area (Å²) in [6, 6.07) is 14.6. The maximum absolute atomic E-state index is 11.9. The van der Waals surface area contributed by atoms with Crippen molar-refractivity contribution in [2.75, 3.05) is 21.3 Å². The number of carbonyl (C=O) groups excluding carboxylic acids is 1. The number of carbonyl (C=O) groups is 1. The SMILES string of the molecule is COc1ccc(CN(C)[C@@H](C(N)=O)c2ccccc2)c(OC)c1. The van der Waals surface area contributed by atoms with Gasteiger partial charge >= 0.3 is 0 Å². The number of benzene rings is 2. The quantitative estimate of drug-likeness (QED) is 0.852. The van der Waals surface area contributed by atoms with Crippen molar-refractivity contribution < 1.29 is 14.3 Å². The van der Waals surface area contributed by atoms with E-state index in [-0.39, 0.29) is 5.91 Å². The molecule has 2 N–H and O–H groups in total. The largest absolute Gasteiger partial charge is 0.497 e. The molecule has 0 aliphatic carbocycles. The Bertz CT molecular complexity index is 659. The van der Waals surface area contributed by atoms with E-state index in [2.05, 4.69) is 0 Å². The number of rotatable bonds is 7. The van der Waals surface area contributed by atoms with Crippen LogP contribution in [0, 0.1) is 0 Å². The van der Waals surface area contributed by atoms with Crippen LogP contribution in [-0.2, 0) is 11.3 Å². The topological polar surface area (TPSA) is 64.8 Å². The highest BCUT2D eigenvalue weighted by molar-refractivity contribution is 5.81. The van der Waals surface area contributed by atoms with Crippen molar-refractivity contribution in [3.05, 3.63) is 59.7 Å². The highest BCUT2D eigenvalue weighted by Gasteiger charge is 2.23. The van der Waals surface area contributed by atoms with Gasteiger partial charge in [0.25, 0.3) is 0 Å². The van der Waals surface area contributed by atoms with Gasteiger partial charge in [0.1, 0.15) is 17.5 Å². The number of primary amides is 1. The first-order chi connectivity index (χ1) is 11.1. The summed E-state index contributed by atoms with van der Waals surface area (Å²) < 4.78 is 10.6. The van der Waals surface area contributed by atoms with Crippen LogP contribution >= 0.6 is 0 Å². The van der Waals surface area contributed by atoms with Crippen LogP contribution in [0.25, 0.3) is 0 Å². The Labute approximate surface area is 136 Å². The maximum Gasteiger partial charge on any atom is 0.239 e. The molecule has 0 fully saturated rings. The molecule has 0 aliphatic heterocycles. The molecule has 5 nitrogen and oxygen atoms in total. The van der Waals surface area contributed by atoms with Crippen molar-refractivity contribution in [3.63, 3.8) is 0 Å². The van der Waals surface area contributed by atoms with Crippen LogP contribution in [0.3, 0.4) is 0 Å². The van der Waals surface area contributed by atoms with Crippen molar-refractivity contribution >= 4 is 5.91 Å². The molecule has 23 heavy (non-hydrogen) atoms. The average molecular weight is 314 g/mol. The van der Waals surface area contributed by atoms with Gasteiger partial charge in [-0.1, -0.05) is 36.4 Å². The molecule has 0 spiro atoms. The number of ether oxygens (including phenoxy) is 2. The highest BCUT2D eigenvalue weighted by atomic mass is 16.5. The second-order valence-corrected chi connectivity index (χ2v) is 5.31.